The largest absolute Gasteiger partial charge is 0.481 e. The first-order valence-corrected chi connectivity index (χ1v) is 8.31. The molecule has 8 nitrogen and oxygen atoms in total. The number of benzene rings is 1. The highest BCUT2D eigenvalue weighted by Crippen LogP contribution is 2.40. The highest BCUT2D eigenvalue weighted by molar-refractivity contribution is 6.21. The van der Waals surface area contributed by atoms with Crippen molar-refractivity contribution in [3.05, 3.63) is 17.9 Å². The van der Waals surface area contributed by atoms with E-state index < -0.39 is 29.7 Å². The van der Waals surface area contributed by atoms with Crippen molar-refractivity contribution in [1.82, 2.24) is 4.90 Å². The molecular formula is C17H15FN4O4. The summed E-state index contributed by atoms with van der Waals surface area (Å²) in [5.41, 5.74) is -0.0564. The lowest BCUT2D eigenvalue weighted by Gasteiger charge is -2.29. The predicted octanol–water partition coefficient (Wildman–Crippen LogP) is 1.40. The molecule has 1 aromatic rings. The average Bonchev–Trinajstić information content (AvgIpc) is 2.89. The van der Waals surface area contributed by atoms with Gasteiger partial charge in [0.25, 0.3) is 11.8 Å². The molecule has 0 bridgehead atoms. The van der Waals surface area contributed by atoms with E-state index in [0.717, 1.165) is 28.7 Å². The second-order valence-electron chi connectivity index (χ2n) is 6.36. The van der Waals surface area contributed by atoms with E-state index >= 15 is 0 Å². The number of ether oxygens (including phenoxy) is 1. The molecule has 3 aliphatic rings. The Morgan fingerprint density at radius 2 is 2.04 bits per heavy atom. The Balaban J connectivity index is 1.78. The first kappa shape index (κ1) is 16.3. The molecule has 4 rings (SSSR count). The Morgan fingerprint density at radius 1 is 1.23 bits per heavy atom. The molecule has 1 atom stereocenters. The van der Waals surface area contributed by atoms with Gasteiger partial charge in [-0.2, -0.15) is 5.26 Å². The van der Waals surface area contributed by atoms with Gasteiger partial charge in [0.15, 0.2) is 12.4 Å². The molecule has 0 saturated carbocycles. The monoisotopic (exact) mass is 358 g/mol. The van der Waals surface area contributed by atoms with Crippen LogP contribution in [0.4, 0.5) is 20.6 Å². The first-order chi connectivity index (χ1) is 12.5. The number of urea groups is 1. The third-order valence-electron chi connectivity index (χ3n) is 4.89. The minimum absolute atomic E-state index is 0.0953. The molecule has 3 heterocycles. The molecule has 26 heavy (non-hydrogen) atoms. The fraction of sp³-hybridized carbons (Fsp3) is 0.412. The lowest BCUT2D eigenvalue weighted by atomic mass is 10.0. The number of piperidine rings is 1. The molecule has 3 aliphatic heterocycles. The van der Waals surface area contributed by atoms with Crippen LogP contribution in [-0.4, -0.2) is 48.5 Å². The van der Waals surface area contributed by atoms with Gasteiger partial charge in [-0.25, -0.2) is 14.1 Å². The Bertz CT molecular complexity index is 841. The van der Waals surface area contributed by atoms with Gasteiger partial charge in [-0.3, -0.25) is 14.5 Å². The molecular weight excluding hydrogens is 343 g/mol. The van der Waals surface area contributed by atoms with Gasteiger partial charge in [0, 0.05) is 12.6 Å². The van der Waals surface area contributed by atoms with Crippen LogP contribution in [0.2, 0.25) is 0 Å². The summed E-state index contributed by atoms with van der Waals surface area (Å²) in [6, 6.07) is 3.01. The summed E-state index contributed by atoms with van der Waals surface area (Å²) in [5, 5.41) is 8.94. The van der Waals surface area contributed by atoms with Gasteiger partial charge in [-0.1, -0.05) is 0 Å². The fourth-order valence-electron chi connectivity index (χ4n) is 3.64. The SMILES string of the molecule is N#CCN1C(=O)COc2cc(F)c(N3C(=O)C4CCCCN4C3=O)cc21. The summed E-state index contributed by atoms with van der Waals surface area (Å²) in [7, 11) is 0. The highest BCUT2D eigenvalue weighted by Gasteiger charge is 2.47. The number of nitrogens with zero attached hydrogens (tertiary/aromatic N) is 4. The highest BCUT2D eigenvalue weighted by atomic mass is 19.1. The smallest absolute Gasteiger partial charge is 0.332 e. The standard InChI is InChI=1S/C17H15FN4O4/c18-10-7-14-13(20(6-4-19)15(23)9-26-14)8-12(10)22-16(24)11-3-1-2-5-21(11)17(22)25/h7-8,11H,1-3,5-6,9H2. The van der Waals surface area contributed by atoms with Gasteiger partial charge < -0.3 is 9.64 Å². The van der Waals surface area contributed by atoms with Crippen LogP contribution in [-0.2, 0) is 9.59 Å². The summed E-state index contributed by atoms with van der Waals surface area (Å²) in [5.74, 6) is -1.62. The summed E-state index contributed by atoms with van der Waals surface area (Å²) in [6.45, 7) is -0.0811. The Labute approximate surface area is 148 Å². The number of hydrogen-bond donors (Lipinski definition) is 0. The number of anilines is 2. The van der Waals surface area contributed by atoms with Gasteiger partial charge in [0.2, 0.25) is 0 Å². The molecule has 0 radical (unpaired) electrons. The van der Waals surface area contributed by atoms with Crippen LogP contribution in [0.15, 0.2) is 12.1 Å². The molecule has 0 aromatic heterocycles. The quantitative estimate of drug-likeness (QED) is 0.588. The predicted molar refractivity (Wildman–Crippen MR) is 87.1 cm³/mol. The summed E-state index contributed by atoms with van der Waals surface area (Å²) in [6.07, 6.45) is 2.18. The number of imide groups is 1. The van der Waals surface area contributed by atoms with Crippen molar-refractivity contribution in [2.45, 2.75) is 25.3 Å². The van der Waals surface area contributed by atoms with E-state index in [-0.39, 0.29) is 30.3 Å². The molecule has 9 heteroatoms. The third kappa shape index (κ3) is 2.29. The number of nitriles is 1. The summed E-state index contributed by atoms with van der Waals surface area (Å²) < 4.78 is 19.9. The first-order valence-electron chi connectivity index (χ1n) is 8.31. The minimum atomic E-state index is -0.795. The second kappa shape index (κ2) is 5.98. The lowest BCUT2D eigenvalue weighted by Crippen LogP contribution is -2.40. The number of fused-ring (bicyclic) bond motifs is 2. The maximum atomic E-state index is 14.7. The van der Waals surface area contributed by atoms with Crippen LogP contribution < -0.4 is 14.5 Å². The summed E-state index contributed by atoms with van der Waals surface area (Å²) >= 11 is 0. The number of rotatable bonds is 2. The maximum Gasteiger partial charge on any atom is 0.332 e. The van der Waals surface area contributed by atoms with Crippen molar-refractivity contribution in [1.29, 1.82) is 5.26 Å². The van der Waals surface area contributed by atoms with Crippen LogP contribution >= 0.6 is 0 Å². The summed E-state index contributed by atoms with van der Waals surface area (Å²) in [4.78, 5) is 40.8. The van der Waals surface area contributed by atoms with Crippen LogP contribution in [0, 0.1) is 17.1 Å². The van der Waals surface area contributed by atoms with Crippen molar-refractivity contribution >= 4 is 29.2 Å². The van der Waals surface area contributed by atoms with E-state index in [9.17, 15) is 18.8 Å². The number of carbonyl (C=O) groups excluding carboxylic acids is 3. The van der Waals surface area contributed by atoms with Crippen molar-refractivity contribution in [2.75, 3.05) is 29.5 Å². The Morgan fingerprint density at radius 3 is 2.77 bits per heavy atom. The molecule has 0 spiro atoms. The molecule has 2 saturated heterocycles. The average molecular weight is 358 g/mol. The van der Waals surface area contributed by atoms with Gasteiger partial charge in [0.1, 0.15) is 18.3 Å². The molecule has 0 N–H and O–H groups in total. The molecule has 1 aromatic carbocycles. The van der Waals surface area contributed by atoms with Crippen LogP contribution in [0.25, 0.3) is 0 Å². The van der Waals surface area contributed by atoms with Crippen molar-refractivity contribution in [3.8, 4) is 11.8 Å². The van der Waals surface area contributed by atoms with Crippen LogP contribution in [0.1, 0.15) is 19.3 Å². The lowest BCUT2D eigenvalue weighted by molar-refractivity contribution is -0.121. The van der Waals surface area contributed by atoms with Gasteiger partial charge in [0.05, 0.1) is 17.4 Å². The normalized spacial score (nSPS) is 22.1. The molecule has 2 fully saturated rings. The number of carbonyl (C=O) groups is 3. The minimum Gasteiger partial charge on any atom is -0.481 e. The second-order valence-corrected chi connectivity index (χ2v) is 6.36. The van der Waals surface area contributed by atoms with E-state index in [1.165, 1.54) is 11.0 Å². The van der Waals surface area contributed by atoms with Gasteiger partial charge in [-0.05, 0) is 25.3 Å². The van der Waals surface area contributed by atoms with Gasteiger partial charge in [-0.15, -0.1) is 0 Å². The van der Waals surface area contributed by atoms with E-state index in [4.69, 9.17) is 10.00 Å². The zero-order valence-electron chi connectivity index (χ0n) is 13.8. The van der Waals surface area contributed by atoms with Gasteiger partial charge >= 0.3 is 6.03 Å². The Kier molecular flexibility index (Phi) is 3.76. The van der Waals surface area contributed by atoms with E-state index in [1.807, 2.05) is 6.07 Å². The van der Waals surface area contributed by atoms with E-state index in [2.05, 4.69) is 0 Å². The maximum absolute atomic E-state index is 14.7. The van der Waals surface area contributed by atoms with Crippen LogP contribution in [0.5, 0.6) is 5.75 Å². The fourth-order valence-corrected chi connectivity index (χ4v) is 3.64. The molecule has 4 amide bonds. The number of halogens is 1. The zero-order valence-corrected chi connectivity index (χ0v) is 13.8. The number of amides is 4. The zero-order chi connectivity index (χ0) is 18.4. The van der Waals surface area contributed by atoms with Crippen molar-refractivity contribution in [2.24, 2.45) is 0 Å². The van der Waals surface area contributed by atoms with E-state index in [1.54, 1.807) is 0 Å². The van der Waals surface area contributed by atoms with Crippen LogP contribution in [0.3, 0.4) is 0 Å². The number of hydrogen-bond acceptors (Lipinski definition) is 5. The Hall–Kier alpha value is -3.15. The topological polar surface area (TPSA) is 93.9 Å². The molecule has 0 aliphatic carbocycles. The van der Waals surface area contributed by atoms with Crippen molar-refractivity contribution in [3.63, 3.8) is 0 Å². The van der Waals surface area contributed by atoms with E-state index in [0.29, 0.717) is 13.0 Å². The molecule has 134 valence electrons. The molecule has 1 unspecified atom stereocenters. The van der Waals surface area contributed by atoms with Crippen molar-refractivity contribution < 1.29 is 23.5 Å². The third-order valence-corrected chi connectivity index (χ3v) is 4.89.